The smallest absolute Gasteiger partial charge is 0.251 e. The number of nitrogen functional groups attached to an aromatic ring is 1. The van der Waals surface area contributed by atoms with Crippen LogP contribution < -0.4 is 16.4 Å². The molecule has 0 aromatic heterocycles. The molecule has 1 unspecified atom stereocenters. The van der Waals surface area contributed by atoms with Gasteiger partial charge < -0.3 is 16.4 Å². The maximum absolute atomic E-state index is 11.6. The van der Waals surface area contributed by atoms with E-state index in [4.69, 9.17) is 5.73 Å². The summed E-state index contributed by atoms with van der Waals surface area (Å²) in [5.41, 5.74) is 7.47. The second-order valence-corrected chi connectivity index (χ2v) is 7.21. The fourth-order valence-electron chi connectivity index (χ4n) is 2.32. The number of anilines is 2. The van der Waals surface area contributed by atoms with Gasteiger partial charge in [0.25, 0.3) is 5.91 Å². The molecule has 1 aromatic rings. The van der Waals surface area contributed by atoms with Gasteiger partial charge in [-0.2, -0.15) is 0 Å². The van der Waals surface area contributed by atoms with Crippen molar-refractivity contribution in [1.29, 1.82) is 0 Å². The lowest BCUT2D eigenvalue weighted by Crippen LogP contribution is -2.35. The van der Waals surface area contributed by atoms with E-state index in [0.717, 1.165) is 6.42 Å². The molecule has 1 heterocycles. The van der Waals surface area contributed by atoms with Crippen LogP contribution in [0.4, 0.5) is 11.4 Å². The number of nitrogens with one attached hydrogen (secondary N) is 2. The second-order valence-electron chi connectivity index (χ2n) is 4.98. The number of amides is 1. The Morgan fingerprint density at radius 1 is 1.40 bits per heavy atom. The highest BCUT2D eigenvalue weighted by Gasteiger charge is 2.25. The van der Waals surface area contributed by atoms with Crippen LogP contribution >= 0.6 is 0 Å². The zero-order valence-electron chi connectivity index (χ0n) is 11.3. The molecule has 1 aromatic carbocycles. The molecule has 1 aliphatic heterocycles. The minimum atomic E-state index is -2.98. The van der Waals surface area contributed by atoms with Gasteiger partial charge in [-0.25, -0.2) is 8.42 Å². The van der Waals surface area contributed by atoms with Crippen LogP contribution in [-0.2, 0) is 9.84 Å². The molecule has 0 aliphatic carbocycles. The van der Waals surface area contributed by atoms with Gasteiger partial charge in [-0.15, -0.1) is 0 Å². The Morgan fingerprint density at radius 3 is 2.80 bits per heavy atom. The van der Waals surface area contributed by atoms with E-state index in [-0.39, 0.29) is 23.5 Å². The Labute approximate surface area is 118 Å². The van der Waals surface area contributed by atoms with E-state index < -0.39 is 9.84 Å². The molecule has 6 nitrogen and oxygen atoms in total. The van der Waals surface area contributed by atoms with Crippen LogP contribution in [0.3, 0.4) is 0 Å². The summed E-state index contributed by atoms with van der Waals surface area (Å²) in [7, 11) is -1.42. The summed E-state index contributed by atoms with van der Waals surface area (Å²) in [6.07, 6.45) is 1.43. The maximum atomic E-state index is 11.6. The molecule has 0 bridgehead atoms. The van der Waals surface area contributed by atoms with E-state index >= 15 is 0 Å². The fourth-order valence-corrected chi connectivity index (χ4v) is 3.96. The lowest BCUT2D eigenvalue weighted by Gasteiger charge is -2.24. The molecule has 2 rings (SSSR count). The molecular formula is C13H19N3O3S. The minimum absolute atomic E-state index is 0.108. The van der Waals surface area contributed by atoms with Crippen molar-refractivity contribution in [2.75, 3.05) is 29.6 Å². The molecule has 0 saturated carbocycles. The Morgan fingerprint density at radius 2 is 2.15 bits per heavy atom. The molecule has 0 spiro atoms. The van der Waals surface area contributed by atoms with Gasteiger partial charge in [0, 0.05) is 18.7 Å². The molecule has 110 valence electrons. The van der Waals surface area contributed by atoms with Crippen molar-refractivity contribution >= 4 is 27.1 Å². The zero-order chi connectivity index (χ0) is 14.8. The van der Waals surface area contributed by atoms with Gasteiger partial charge in [-0.1, -0.05) is 0 Å². The summed E-state index contributed by atoms with van der Waals surface area (Å²) in [4.78, 5) is 11.6. The van der Waals surface area contributed by atoms with Crippen LogP contribution in [0.1, 0.15) is 23.2 Å². The zero-order valence-corrected chi connectivity index (χ0v) is 12.2. The molecule has 4 N–H and O–H groups in total. The van der Waals surface area contributed by atoms with Crippen molar-refractivity contribution in [2.45, 2.75) is 18.9 Å². The van der Waals surface area contributed by atoms with Crippen molar-refractivity contribution < 1.29 is 13.2 Å². The quantitative estimate of drug-likeness (QED) is 0.710. The molecule has 1 fully saturated rings. The van der Waals surface area contributed by atoms with Crippen molar-refractivity contribution in [2.24, 2.45) is 0 Å². The second kappa shape index (κ2) is 5.70. The van der Waals surface area contributed by atoms with E-state index in [0.29, 0.717) is 23.4 Å². The van der Waals surface area contributed by atoms with Gasteiger partial charge in [-0.05, 0) is 31.0 Å². The van der Waals surface area contributed by atoms with E-state index in [9.17, 15) is 13.2 Å². The summed E-state index contributed by atoms with van der Waals surface area (Å²) in [6, 6.07) is 4.77. The summed E-state index contributed by atoms with van der Waals surface area (Å²) < 4.78 is 23.2. The highest BCUT2D eigenvalue weighted by Crippen LogP contribution is 2.24. The summed E-state index contributed by atoms with van der Waals surface area (Å²) in [5.74, 6) is 0.152. The first-order valence-electron chi connectivity index (χ1n) is 6.50. The van der Waals surface area contributed by atoms with E-state index in [1.807, 2.05) is 0 Å². The Balaban J connectivity index is 2.18. The highest BCUT2D eigenvalue weighted by atomic mass is 32.2. The molecule has 1 atom stereocenters. The van der Waals surface area contributed by atoms with Crippen molar-refractivity contribution in [1.82, 2.24) is 5.32 Å². The van der Waals surface area contributed by atoms with Crippen LogP contribution in [0.15, 0.2) is 18.2 Å². The van der Waals surface area contributed by atoms with Crippen molar-refractivity contribution in [3.63, 3.8) is 0 Å². The first-order valence-corrected chi connectivity index (χ1v) is 8.32. The maximum Gasteiger partial charge on any atom is 0.251 e. The minimum Gasteiger partial charge on any atom is -0.397 e. The SMILES string of the molecule is CNC(=O)c1ccc(N)c(NC2CCCS(=O)(=O)C2)c1. The summed E-state index contributed by atoms with van der Waals surface area (Å²) in [5, 5.41) is 5.68. The topological polar surface area (TPSA) is 101 Å². The molecule has 1 aliphatic rings. The predicted octanol–water partition coefficient (Wildman–Crippen LogP) is 0.617. The number of hydrogen-bond acceptors (Lipinski definition) is 5. The standard InChI is InChI=1S/C13H19N3O3S/c1-15-13(17)9-4-5-11(14)12(7-9)16-10-3-2-6-20(18,19)8-10/h4-5,7,10,16H,2-3,6,8,14H2,1H3,(H,15,17). The lowest BCUT2D eigenvalue weighted by atomic mass is 10.1. The number of carbonyl (C=O) groups excluding carboxylic acids is 1. The third kappa shape index (κ3) is 3.41. The van der Waals surface area contributed by atoms with E-state index in [1.54, 1.807) is 25.2 Å². The number of hydrogen-bond donors (Lipinski definition) is 3. The predicted molar refractivity (Wildman–Crippen MR) is 79.5 cm³/mol. The Kier molecular flexibility index (Phi) is 4.17. The van der Waals surface area contributed by atoms with Crippen molar-refractivity contribution in [3.8, 4) is 0 Å². The van der Waals surface area contributed by atoms with Gasteiger partial charge in [-0.3, -0.25) is 4.79 Å². The molecular weight excluding hydrogens is 278 g/mol. The molecule has 1 saturated heterocycles. The van der Waals surface area contributed by atoms with E-state index in [2.05, 4.69) is 10.6 Å². The van der Waals surface area contributed by atoms with Crippen LogP contribution in [0.25, 0.3) is 0 Å². The van der Waals surface area contributed by atoms with Crippen molar-refractivity contribution in [3.05, 3.63) is 23.8 Å². The normalized spacial score (nSPS) is 21.1. The van der Waals surface area contributed by atoms with Gasteiger partial charge in [0.15, 0.2) is 9.84 Å². The van der Waals surface area contributed by atoms with Gasteiger partial charge >= 0.3 is 0 Å². The first-order chi connectivity index (χ1) is 9.41. The molecule has 7 heteroatoms. The van der Waals surface area contributed by atoms with Gasteiger partial charge in [0.1, 0.15) is 0 Å². The van der Waals surface area contributed by atoms with Crippen LogP contribution in [-0.4, -0.2) is 38.9 Å². The third-order valence-corrected chi connectivity index (χ3v) is 5.19. The summed E-state index contributed by atoms with van der Waals surface area (Å²) in [6.45, 7) is 0. The highest BCUT2D eigenvalue weighted by molar-refractivity contribution is 7.91. The van der Waals surface area contributed by atoms with Gasteiger partial charge in [0.2, 0.25) is 0 Å². The van der Waals surface area contributed by atoms with Gasteiger partial charge in [0.05, 0.1) is 22.9 Å². The third-order valence-electron chi connectivity index (χ3n) is 3.37. The number of benzene rings is 1. The Bertz CT molecular complexity index is 613. The average molecular weight is 297 g/mol. The number of sulfone groups is 1. The molecule has 20 heavy (non-hydrogen) atoms. The average Bonchev–Trinajstić information content (AvgIpc) is 2.39. The molecule has 0 radical (unpaired) electrons. The first kappa shape index (κ1) is 14.6. The fraction of sp³-hybridized carbons (Fsp3) is 0.462. The Hall–Kier alpha value is -1.76. The number of nitrogens with two attached hydrogens (primary N) is 1. The largest absolute Gasteiger partial charge is 0.397 e. The van der Waals surface area contributed by atoms with Crippen LogP contribution in [0.5, 0.6) is 0 Å². The number of carbonyl (C=O) groups is 1. The number of rotatable bonds is 3. The monoisotopic (exact) mass is 297 g/mol. The van der Waals surface area contributed by atoms with E-state index in [1.165, 1.54) is 0 Å². The van der Waals surface area contributed by atoms with Crippen LogP contribution in [0.2, 0.25) is 0 Å². The molecule has 1 amide bonds. The lowest BCUT2D eigenvalue weighted by molar-refractivity contribution is 0.0963. The van der Waals surface area contributed by atoms with Crippen LogP contribution in [0, 0.1) is 0 Å². The summed E-state index contributed by atoms with van der Waals surface area (Å²) >= 11 is 0.